The Morgan fingerprint density at radius 2 is 1.39 bits per heavy atom. The number of para-hydroxylation sites is 1. The van der Waals surface area contributed by atoms with E-state index in [1.807, 2.05) is 18.2 Å². The normalized spacial score (nSPS) is 15.0. The summed E-state index contributed by atoms with van der Waals surface area (Å²) in [5.74, 6) is 1.56. The van der Waals surface area contributed by atoms with Gasteiger partial charge < -0.3 is 29.9 Å². The second-order valence-electron chi connectivity index (χ2n) is 6.20. The molecule has 1 atom stereocenters. The van der Waals surface area contributed by atoms with Gasteiger partial charge in [0, 0.05) is 0 Å². The van der Waals surface area contributed by atoms with Gasteiger partial charge in [-0.2, -0.15) is 0 Å². The molecule has 1 nitrogen and oxygen atoms in total. The van der Waals surface area contributed by atoms with Gasteiger partial charge in [0.2, 0.25) is 0 Å². The van der Waals surface area contributed by atoms with E-state index in [0.717, 1.165) is 11.1 Å². The zero-order chi connectivity index (χ0) is 15.3. The molecule has 0 amide bonds. The molecule has 2 rings (SSSR count). The van der Waals surface area contributed by atoms with Crippen molar-refractivity contribution in [1.82, 2.24) is 0 Å². The monoisotopic (exact) mass is 389 g/mol. The van der Waals surface area contributed by atoms with Crippen molar-refractivity contribution in [1.29, 1.82) is 0 Å². The third kappa shape index (κ3) is 9.00. The van der Waals surface area contributed by atoms with Crippen LogP contribution in [0.5, 0.6) is 5.75 Å². The first-order valence-electron chi connectivity index (χ1n) is 7.49. The Morgan fingerprint density at radius 1 is 0.957 bits per heavy atom. The quantitative estimate of drug-likeness (QED) is 0.604. The maximum atomic E-state index is 11.9. The summed E-state index contributed by atoms with van der Waals surface area (Å²) in [5, 5.41) is 11.9. The van der Waals surface area contributed by atoms with Gasteiger partial charge in [-0.05, 0) is 24.7 Å². The number of rotatable bonds is 2. The van der Waals surface area contributed by atoms with Gasteiger partial charge >= 0.3 is 21.7 Å². The van der Waals surface area contributed by atoms with E-state index in [1.165, 1.54) is 5.57 Å². The zero-order valence-electron chi connectivity index (χ0n) is 14.9. The molecule has 0 heterocycles. The topological polar surface area (TPSA) is 23.1 Å². The molecule has 1 unspecified atom stereocenters. The molecule has 1 aromatic carbocycles. The molecule has 0 saturated carbocycles. The average molecular weight is 390 g/mol. The molecule has 0 saturated heterocycles. The van der Waals surface area contributed by atoms with Crippen LogP contribution in [0.1, 0.15) is 64.5 Å². The molecule has 0 N–H and O–H groups in total. The third-order valence-corrected chi connectivity index (χ3v) is 3.51. The van der Waals surface area contributed by atoms with Crippen molar-refractivity contribution in [3.05, 3.63) is 53.1 Å². The van der Waals surface area contributed by atoms with Gasteiger partial charge in [-0.1, -0.05) is 87.7 Å². The van der Waals surface area contributed by atoms with E-state index in [0.29, 0.717) is 17.8 Å². The van der Waals surface area contributed by atoms with Crippen LogP contribution in [0, 0.1) is 5.92 Å². The number of allylic oxidation sites excluding steroid dienone is 4. The molecule has 4 heteroatoms. The molecular formula is C19H27Cl2OTi. The van der Waals surface area contributed by atoms with Crippen LogP contribution in [-0.2, 0) is 21.7 Å². The first-order chi connectivity index (χ1) is 9.32. The Balaban J connectivity index is -0.000000347. The van der Waals surface area contributed by atoms with Crippen LogP contribution in [0.15, 0.2) is 42.0 Å². The van der Waals surface area contributed by atoms with Crippen molar-refractivity contribution in [2.24, 2.45) is 5.92 Å². The maximum absolute atomic E-state index is 11.9. The Kier molecular flexibility index (Phi) is 15.8. The minimum atomic E-state index is 0. The largest absolute Gasteiger partial charge is 3.00 e. The zero-order valence-corrected chi connectivity index (χ0v) is 17.9. The van der Waals surface area contributed by atoms with E-state index in [4.69, 9.17) is 0 Å². The molecule has 23 heavy (non-hydrogen) atoms. The van der Waals surface area contributed by atoms with Crippen LogP contribution in [0.2, 0.25) is 0 Å². The average Bonchev–Trinajstić information content (AvgIpc) is 2.73. The molecular weight excluding hydrogens is 363 g/mol. The van der Waals surface area contributed by atoms with Crippen molar-refractivity contribution >= 4 is 0 Å². The Morgan fingerprint density at radius 3 is 1.61 bits per heavy atom. The molecule has 0 spiro atoms. The van der Waals surface area contributed by atoms with E-state index in [-0.39, 0.29) is 52.3 Å². The summed E-state index contributed by atoms with van der Waals surface area (Å²) in [6, 6.07) is 5.84. The summed E-state index contributed by atoms with van der Waals surface area (Å²) < 4.78 is 0. The smallest absolute Gasteiger partial charge is 1.00 e. The van der Waals surface area contributed by atoms with Crippen LogP contribution < -0.4 is 29.9 Å². The fourth-order valence-corrected chi connectivity index (χ4v) is 2.31. The number of benzene rings is 1. The van der Waals surface area contributed by atoms with Gasteiger partial charge in [-0.25, -0.2) is 0 Å². The fourth-order valence-electron chi connectivity index (χ4n) is 2.31. The van der Waals surface area contributed by atoms with Gasteiger partial charge in [0.15, 0.2) is 0 Å². The molecule has 0 fully saturated rings. The van der Waals surface area contributed by atoms with Gasteiger partial charge in [-0.3, -0.25) is 0 Å². The second-order valence-corrected chi connectivity index (χ2v) is 6.20. The van der Waals surface area contributed by atoms with Crippen molar-refractivity contribution in [2.75, 3.05) is 0 Å². The maximum Gasteiger partial charge on any atom is 3.00 e. The summed E-state index contributed by atoms with van der Waals surface area (Å²) in [6.45, 7) is 12.5. The molecule has 0 aromatic heterocycles. The van der Waals surface area contributed by atoms with Crippen molar-refractivity contribution in [3.8, 4) is 5.75 Å². The molecule has 1 radical (unpaired) electrons. The Hall–Kier alpha value is -0.206. The standard InChI is InChI=1S/C12H18O.C7H10.2ClH.Ti/c1-8(2)10-6-5-7-11(9(3)4)12(10)13;1-6-3-4-7(2)5-6;;;/h5-9,13H,1-4H3;3-6H,1-2H3;2*1H;/q;;;;+3/p-3. The Labute approximate surface area is 169 Å². The van der Waals surface area contributed by atoms with E-state index in [2.05, 4.69) is 59.8 Å². The SMILES string of the molecule is CC(C)c1cccc(C(C)C)c1[O-].CC1=CC(C)C=C1.[Cl-].[Cl-].[Ti+3]. The van der Waals surface area contributed by atoms with Gasteiger partial charge in [0.1, 0.15) is 0 Å². The number of hydrogen-bond acceptors (Lipinski definition) is 1. The van der Waals surface area contributed by atoms with E-state index in [1.54, 1.807) is 0 Å². The first-order valence-corrected chi connectivity index (χ1v) is 7.49. The molecule has 127 valence electrons. The van der Waals surface area contributed by atoms with Gasteiger partial charge in [-0.15, -0.1) is 5.75 Å². The molecule has 1 aliphatic carbocycles. The van der Waals surface area contributed by atoms with Crippen molar-refractivity contribution in [3.63, 3.8) is 0 Å². The molecule has 1 aliphatic rings. The van der Waals surface area contributed by atoms with Crippen LogP contribution in [0.25, 0.3) is 0 Å². The minimum absolute atomic E-state index is 0. The first kappa shape index (κ1) is 27.6. The predicted molar refractivity (Wildman–Crippen MR) is 86.1 cm³/mol. The van der Waals surface area contributed by atoms with Crippen LogP contribution in [-0.4, -0.2) is 0 Å². The Bertz CT molecular complexity index is 482. The third-order valence-electron chi connectivity index (χ3n) is 3.51. The summed E-state index contributed by atoms with van der Waals surface area (Å²) in [5.41, 5.74) is 3.27. The molecule has 0 aliphatic heterocycles. The summed E-state index contributed by atoms with van der Waals surface area (Å²) in [4.78, 5) is 0. The number of halogens is 2. The second kappa shape index (κ2) is 13.1. The van der Waals surface area contributed by atoms with Gasteiger partial charge in [0.25, 0.3) is 0 Å². The summed E-state index contributed by atoms with van der Waals surface area (Å²) >= 11 is 0. The predicted octanol–water partition coefficient (Wildman–Crippen LogP) is -0.849. The van der Waals surface area contributed by atoms with Crippen LogP contribution in [0.3, 0.4) is 0 Å². The summed E-state index contributed by atoms with van der Waals surface area (Å²) in [6.07, 6.45) is 6.61. The van der Waals surface area contributed by atoms with E-state index >= 15 is 0 Å². The summed E-state index contributed by atoms with van der Waals surface area (Å²) in [7, 11) is 0. The minimum Gasteiger partial charge on any atom is -1.00 e. The van der Waals surface area contributed by atoms with Crippen molar-refractivity contribution in [2.45, 2.75) is 53.4 Å². The van der Waals surface area contributed by atoms with Crippen molar-refractivity contribution < 1.29 is 51.6 Å². The van der Waals surface area contributed by atoms with Gasteiger partial charge in [0.05, 0.1) is 0 Å². The molecule has 1 aromatic rings. The van der Waals surface area contributed by atoms with E-state index < -0.39 is 0 Å². The molecule has 0 bridgehead atoms. The van der Waals surface area contributed by atoms with Crippen LogP contribution >= 0.6 is 0 Å². The van der Waals surface area contributed by atoms with E-state index in [9.17, 15) is 5.11 Å². The van der Waals surface area contributed by atoms with Crippen LogP contribution in [0.4, 0.5) is 0 Å². The fraction of sp³-hybridized carbons (Fsp3) is 0.474. The number of hydrogen-bond donors (Lipinski definition) is 0.